The molecule has 0 amide bonds. The third kappa shape index (κ3) is 3.26. The van der Waals surface area contributed by atoms with Crippen LogP contribution < -0.4 is 5.43 Å². The number of aryl methyl sites for hydroxylation is 1. The minimum absolute atomic E-state index is 0.360. The summed E-state index contributed by atoms with van der Waals surface area (Å²) in [6, 6.07) is 11.4. The number of nitrogens with one attached hydrogen (secondary N) is 1. The fourth-order valence-corrected chi connectivity index (χ4v) is 1.38. The molecule has 0 aliphatic heterocycles. The number of rotatable bonds is 3. The second-order valence-corrected chi connectivity index (χ2v) is 3.86. The molecule has 1 heterocycles. The summed E-state index contributed by atoms with van der Waals surface area (Å²) in [5.74, 6) is 0.555. The first kappa shape index (κ1) is 11.5. The molecule has 0 spiro atoms. The SMILES string of the molecule is Cc1ccccc1/C=N\Nc1ccc(Cl)nn1. The summed E-state index contributed by atoms with van der Waals surface area (Å²) >= 11 is 5.62. The lowest BCUT2D eigenvalue weighted by Gasteiger charge is -1.99. The van der Waals surface area contributed by atoms with E-state index in [1.54, 1.807) is 18.3 Å². The van der Waals surface area contributed by atoms with E-state index in [-0.39, 0.29) is 0 Å². The summed E-state index contributed by atoms with van der Waals surface area (Å²) in [4.78, 5) is 0. The third-order valence-electron chi connectivity index (χ3n) is 2.20. The topological polar surface area (TPSA) is 50.2 Å². The van der Waals surface area contributed by atoms with Crippen LogP contribution in [-0.2, 0) is 0 Å². The summed E-state index contributed by atoms with van der Waals surface area (Å²) in [5, 5.41) is 12.0. The van der Waals surface area contributed by atoms with Gasteiger partial charge in [-0.1, -0.05) is 35.9 Å². The molecule has 17 heavy (non-hydrogen) atoms. The molecule has 0 bridgehead atoms. The van der Waals surface area contributed by atoms with Crippen molar-refractivity contribution < 1.29 is 0 Å². The molecule has 4 nitrogen and oxygen atoms in total. The van der Waals surface area contributed by atoms with Crippen molar-refractivity contribution in [3.05, 3.63) is 52.7 Å². The van der Waals surface area contributed by atoms with Crippen LogP contribution in [0.15, 0.2) is 41.5 Å². The van der Waals surface area contributed by atoms with Gasteiger partial charge >= 0.3 is 0 Å². The molecule has 5 heteroatoms. The van der Waals surface area contributed by atoms with Gasteiger partial charge in [0, 0.05) is 0 Å². The number of hydrazone groups is 1. The van der Waals surface area contributed by atoms with Crippen molar-refractivity contribution in [2.45, 2.75) is 6.92 Å². The van der Waals surface area contributed by atoms with Gasteiger partial charge in [-0.3, -0.25) is 5.43 Å². The first-order valence-electron chi connectivity index (χ1n) is 5.09. The van der Waals surface area contributed by atoms with Gasteiger partial charge < -0.3 is 0 Å². The zero-order valence-electron chi connectivity index (χ0n) is 9.26. The van der Waals surface area contributed by atoms with Crippen molar-refractivity contribution in [3.63, 3.8) is 0 Å². The quantitative estimate of drug-likeness (QED) is 0.669. The Morgan fingerprint density at radius 1 is 1.18 bits per heavy atom. The highest BCUT2D eigenvalue weighted by molar-refractivity contribution is 6.29. The van der Waals surface area contributed by atoms with Crippen molar-refractivity contribution in [2.75, 3.05) is 5.43 Å². The third-order valence-corrected chi connectivity index (χ3v) is 2.40. The lowest BCUT2D eigenvalue weighted by molar-refractivity contribution is 1.02. The molecule has 0 fully saturated rings. The Labute approximate surface area is 104 Å². The summed E-state index contributed by atoms with van der Waals surface area (Å²) in [6.07, 6.45) is 1.74. The zero-order chi connectivity index (χ0) is 12.1. The van der Waals surface area contributed by atoms with Crippen LogP contribution in [-0.4, -0.2) is 16.4 Å². The van der Waals surface area contributed by atoms with Gasteiger partial charge in [-0.2, -0.15) is 5.10 Å². The van der Waals surface area contributed by atoms with Crippen LogP contribution in [0.4, 0.5) is 5.82 Å². The Morgan fingerprint density at radius 3 is 2.71 bits per heavy atom. The van der Waals surface area contributed by atoms with Crippen LogP contribution in [0, 0.1) is 6.92 Å². The van der Waals surface area contributed by atoms with Gasteiger partial charge in [0.05, 0.1) is 6.21 Å². The average Bonchev–Trinajstić information content (AvgIpc) is 2.34. The van der Waals surface area contributed by atoms with Crippen molar-refractivity contribution in [3.8, 4) is 0 Å². The Hall–Kier alpha value is -1.94. The predicted octanol–water partition coefficient (Wildman–Crippen LogP) is 2.88. The molecule has 2 rings (SSSR count). The molecule has 0 saturated carbocycles. The van der Waals surface area contributed by atoms with Crippen LogP contribution in [0.5, 0.6) is 0 Å². The largest absolute Gasteiger partial charge is 0.260 e. The van der Waals surface area contributed by atoms with Crippen LogP contribution >= 0.6 is 11.6 Å². The van der Waals surface area contributed by atoms with Crippen LogP contribution in [0.1, 0.15) is 11.1 Å². The van der Waals surface area contributed by atoms with Crippen LogP contribution in [0.3, 0.4) is 0 Å². The Kier molecular flexibility index (Phi) is 3.67. The summed E-state index contributed by atoms with van der Waals surface area (Å²) in [6.45, 7) is 2.03. The minimum atomic E-state index is 0.360. The highest BCUT2D eigenvalue weighted by Gasteiger charge is 1.94. The molecule has 0 saturated heterocycles. The summed E-state index contributed by atoms with van der Waals surface area (Å²) in [5.41, 5.74) is 5.01. The molecule has 0 unspecified atom stereocenters. The molecular weight excluding hydrogens is 236 g/mol. The molecule has 86 valence electrons. The number of benzene rings is 1. The number of halogens is 1. The molecule has 0 atom stereocenters. The highest BCUT2D eigenvalue weighted by Crippen LogP contribution is 2.06. The fourth-order valence-electron chi connectivity index (χ4n) is 1.28. The maximum atomic E-state index is 5.62. The smallest absolute Gasteiger partial charge is 0.168 e. The first-order valence-corrected chi connectivity index (χ1v) is 5.47. The molecule has 1 aromatic carbocycles. The van der Waals surface area contributed by atoms with Gasteiger partial charge in [-0.05, 0) is 30.2 Å². The van der Waals surface area contributed by atoms with Crippen molar-refractivity contribution >= 4 is 23.6 Å². The number of hydrogen-bond acceptors (Lipinski definition) is 4. The highest BCUT2D eigenvalue weighted by atomic mass is 35.5. The monoisotopic (exact) mass is 246 g/mol. The summed E-state index contributed by atoms with van der Waals surface area (Å²) < 4.78 is 0. The lowest BCUT2D eigenvalue weighted by atomic mass is 10.1. The standard InChI is InChI=1S/C12H11ClN4/c1-9-4-2-3-5-10(9)8-14-16-12-7-6-11(13)15-17-12/h2-8H,1H3,(H,16,17)/b14-8-. The van der Waals surface area contributed by atoms with E-state index < -0.39 is 0 Å². The maximum Gasteiger partial charge on any atom is 0.168 e. The van der Waals surface area contributed by atoms with Gasteiger partial charge in [0.2, 0.25) is 0 Å². The first-order chi connectivity index (χ1) is 8.25. The number of aromatic nitrogens is 2. The average molecular weight is 247 g/mol. The van der Waals surface area contributed by atoms with E-state index in [0.29, 0.717) is 11.0 Å². The van der Waals surface area contributed by atoms with Gasteiger partial charge in [0.25, 0.3) is 0 Å². The molecule has 0 aliphatic rings. The Balaban J connectivity index is 2.03. The molecule has 1 aromatic heterocycles. The second-order valence-electron chi connectivity index (χ2n) is 3.47. The van der Waals surface area contributed by atoms with E-state index >= 15 is 0 Å². The molecule has 2 aromatic rings. The van der Waals surface area contributed by atoms with E-state index in [2.05, 4.69) is 20.7 Å². The number of nitrogens with zero attached hydrogens (tertiary/aromatic N) is 3. The van der Waals surface area contributed by atoms with Crippen molar-refractivity contribution in [1.29, 1.82) is 0 Å². The second kappa shape index (κ2) is 5.41. The van der Waals surface area contributed by atoms with Gasteiger partial charge in [0.1, 0.15) is 0 Å². The van der Waals surface area contributed by atoms with E-state index in [0.717, 1.165) is 5.56 Å². The minimum Gasteiger partial charge on any atom is -0.260 e. The fraction of sp³-hybridized carbons (Fsp3) is 0.0833. The maximum absolute atomic E-state index is 5.62. The van der Waals surface area contributed by atoms with E-state index in [1.807, 2.05) is 31.2 Å². The van der Waals surface area contributed by atoms with Gasteiger partial charge in [-0.25, -0.2) is 0 Å². The number of hydrogen-bond donors (Lipinski definition) is 1. The summed E-state index contributed by atoms with van der Waals surface area (Å²) in [7, 11) is 0. The zero-order valence-corrected chi connectivity index (χ0v) is 10.0. The van der Waals surface area contributed by atoms with Crippen LogP contribution in [0.25, 0.3) is 0 Å². The predicted molar refractivity (Wildman–Crippen MR) is 69.4 cm³/mol. The van der Waals surface area contributed by atoms with Crippen molar-refractivity contribution in [1.82, 2.24) is 10.2 Å². The Morgan fingerprint density at radius 2 is 2.00 bits per heavy atom. The van der Waals surface area contributed by atoms with Gasteiger partial charge in [-0.15, -0.1) is 10.2 Å². The van der Waals surface area contributed by atoms with E-state index in [1.165, 1.54) is 5.56 Å². The Bertz CT molecular complexity index is 522. The van der Waals surface area contributed by atoms with E-state index in [9.17, 15) is 0 Å². The van der Waals surface area contributed by atoms with Crippen molar-refractivity contribution in [2.24, 2.45) is 5.10 Å². The molecular formula is C12H11ClN4. The lowest BCUT2D eigenvalue weighted by Crippen LogP contribution is -1.95. The van der Waals surface area contributed by atoms with E-state index in [4.69, 9.17) is 11.6 Å². The molecule has 0 aliphatic carbocycles. The van der Waals surface area contributed by atoms with Gasteiger partial charge in [0.15, 0.2) is 11.0 Å². The normalized spacial score (nSPS) is 10.7. The number of anilines is 1. The molecule has 0 radical (unpaired) electrons. The molecule has 1 N–H and O–H groups in total. The van der Waals surface area contributed by atoms with Crippen LogP contribution in [0.2, 0.25) is 5.15 Å².